The highest BCUT2D eigenvalue weighted by molar-refractivity contribution is 6.41. The van der Waals surface area contributed by atoms with Crippen molar-refractivity contribution in [3.05, 3.63) is 88.9 Å². The van der Waals surface area contributed by atoms with Gasteiger partial charge in [-0.2, -0.15) is 5.10 Å². The van der Waals surface area contributed by atoms with Crippen LogP contribution in [0.4, 0.5) is 5.69 Å². The lowest BCUT2D eigenvalue weighted by atomic mass is 10.2. The molecule has 0 aliphatic carbocycles. The van der Waals surface area contributed by atoms with E-state index < -0.39 is 17.8 Å². The van der Waals surface area contributed by atoms with Crippen LogP contribution in [-0.4, -0.2) is 31.1 Å². The first-order valence-electron chi connectivity index (χ1n) is 9.32. The number of halogens is 1. The van der Waals surface area contributed by atoms with Crippen LogP contribution >= 0.6 is 11.6 Å². The van der Waals surface area contributed by atoms with E-state index in [0.29, 0.717) is 27.6 Å². The number of amides is 2. The minimum absolute atomic E-state index is 0.224. The van der Waals surface area contributed by atoms with Gasteiger partial charge in [-0.05, 0) is 48.0 Å². The number of para-hydroxylation sites is 1. The van der Waals surface area contributed by atoms with Crippen molar-refractivity contribution in [2.75, 3.05) is 12.4 Å². The molecule has 2 amide bonds. The predicted molar refractivity (Wildman–Crippen MR) is 120 cm³/mol. The summed E-state index contributed by atoms with van der Waals surface area (Å²) in [4.78, 5) is 36.1. The molecule has 0 heterocycles. The first-order chi connectivity index (χ1) is 15.5. The fourth-order valence-corrected chi connectivity index (χ4v) is 2.72. The lowest BCUT2D eigenvalue weighted by Crippen LogP contribution is -2.32. The van der Waals surface area contributed by atoms with Gasteiger partial charge in [-0.1, -0.05) is 41.9 Å². The monoisotopic (exact) mass is 451 g/mol. The topological polar surface area (TPSA) is 106 Å². The number of ether oxygens (including phenoxy) is 2. The molecule has 0 unspecified atom stereocenters. The molecule has 3 rings (SSSR count). The van der Waals surface area contributed by atoms with E-state index in [9.17, 15) is 14.4 Å². The molecule has 0 aliphatic heterocycles. The number of anilines is 1. The van der Waals surface area contributed by atoms with Crippen LogP contribution in [0, 0.1) is 0 Å². The summed E-state index contributed by atoms with van der Waals surface area (Å²) in [6, 6.07) is 19.8. The molecule has 3 aromatic rings. The fraction of sp³-hybridized carbons (Fsp3) is 0.0435. The number of rotatable bonds is 6. The summed E-state index contributed by atoms with van der Waals surface area (Å²) in [5.74, 6) is -1.90. The zero-order valence-electron chi connectivity index (χ0n) is 16.9. The number of carbonyl (C=O) groups excluding carboxylic acids is 3. The maximum absolute atomic E-state index is 12.2. The number of methoxy groups -OCH3 is 1. The third-order valence-corrected chi connectivity index (χ3v) is 4.44. The maximum Gasteiger partial charge on any atom is 0.343 e. The molecule has 0 radical (unpaired) electrons. The minimum Gasteiger partial charge on any atom is -0.493 e. The van der Waals surface area contributed by atoms with E-state index >= 15 is 0 Å². The Morgan fingerprint density at radius 2 is 1.62 bits per heavy atom. The number of benzene rings is 3. The second-order valence-corrected chi connectivity index (χ2v) is 6.71. The van der Waals surface area contributed by atoms with E-state index in [1.165, 1.54) is 19.4 Å². The van der Waals surface area contributed by atoms with E-state index in [-0.39, 0.29) is 5.75 Å². The third-order valence-electron chi connectivity index (χ3n) is 4.11. The van der Waals surface area contributed by atoms with Crippen molar-refractivity contribution in [1.82, 2.24) is 5.43 Å². The van der Waals surface area contributed by atoms with Crippen LogP contribution in [0.2, 0.25) is 5.02 Å². The van der Waals surface area contributed by atoms with Crippen molar-refractivity contribution in [3.8, 4) is 11.5 Å². The number of hydrazone groups is 1. The minimum atomic E-state index is -0.971. The molecule has 0 spiro atoms. The quantitative estimate of drug-likeness (QED) is 0.195. The molecule has 0 saturated carbocycles. The average molecular weight is 452 g/mol. The number of nitrogens with zero attached hydrogens (tertiary/aromatic N) is 1. The Morgan fingerprint density at radius 3 is 2.34 bits per heavy atom. The molecular weight excluding hydrogens is 434 g/mol. The van der Waals surface area contributed by atoms with E-state index in [1.807, 2.05) is 0 Å². The molecule has 9 heteroatoms. The molecule has 0 atom stereocenters. The second kappa shape index (κ2) is 10.7. The van der Waals surface area contributed by atoms with Gasteiger partial charge in [-0.25, -0.2) is 10.2 Å². The molecule has 2 N–H and O–H groups in total. The normalized spacial score (nSPS) is 10.4. The third kappa shape index (κ3) is 5.93. The van der Waals surface area contributed by atoms with E-state index in [4.69, 9.17) is 21.1 Å². The molecule has 0 saturated heterocycles. The van der Waals surface area contributed by atoms with Gasteiger partial charge >= 0.3 is 17.8 Å². The van der Waals surface area contributed by atoms with Crippen LogP contribution in [0.5, 0.6) is 11.5 Å². The van der Waals surface area contributed by atoms with Crippen molar-refractivity contribution in [2.24, 2.45) is 5.10 Å². The summed E-state index contributed by atoms with van der Waals surface area (Å²) < 4.78 is 10.6. The number of hydrogen-bond donors (Lipinski definition) is 2. The van der Waals surface area contributed by atoms with Crippen LogP contribution in [0.3, 0.4) is 0 Å². The largest absolute Gasteiger partial charge is 0.493 e. The predicted octanol–water partition coefficient (Wildman–Crippen LogP) is 3.66. The van der Waals surface area contributed by atoms with Gasteiger partial charge in [-0.3, -0.25) is 9.59 Å². The summed E-state index contributed by atoms with van der Waals surface area (Å²) >= 11 is 5.95. The first kappa shape index (κ1) is 22.5. The van der Waals surface area contributed by atoms with E-state index in [2.05, 4.69) is 15.8 Å². The standard InChI is InChI=1S/C23H18ClN3O5/c1-31-20-13-15(11-12-19(20)32-23(30)16-7-3-2-4-8-16)14-25-27-22(29)21(28)26-18-10-6-5-9-17(18)24/h2-14H,1H3,(H,26,28)(H,27,29)/b25-14-. The lowest BCUT2D eigenvalue weighted by Gasteiger charge is -2.10. The highest BCUT2D eigenvalue weighted by Crippen LogP contribution is 2.28. The fourth-order valence-electron chi connectivity index (χ4n) is 2.54. The van der Waals surface area contributed by atoms with Crippen LogP contribution < -0.4 is 20.2 Å². The molecule has 0 fully saturated rings. The molecule has 162 valence electrons. The summed E-state index contributed by atoms with van der Waals surface area (Å²) in [5.41, 5.74) is 3.37. The van der Waals surface area contributed by atoms with Gasteiger partial charge in [0.15, 0.2) is 11.5 Å². The van der Waals surface area contributed by atoms with Gasteiger partial charge < -0.3 is 14.8 Å². The Morgan fingerprint density at radius 1 is 0.906 bits per heavy atom. The number of hydrogen-bond acceptors (Lipinski definition) is 6. The Labute approximate surface area is 188 Å². The van der Waals surface area contributed by atoms with Gasteiger partial charge in [0, 0.05) is 0 Å². The molecule has 0 aliphatic rings. The Hall–Kier alpha value is -4.17. The van der Waals surface area contributed by atoms with Crippen molar-refractivity contribution in [2.45, 2.75) is 0 Å². The zero-order chi connectivity index (χ0) is 22.9. The van der Waals surface area contributed by atoms with Crippen molar-refractivity contribution in [3.63, 3.8) is 0 Å². The van der Waals surface area contributed by atoms with E-state index in [1.54, 1.807) is 66.7 Å². The zero-order valence-corrected chi connectivity index (χ0v) is 17.6. The summed E-state index contributed by atoms with van der Waals surface area (Å²) in [7, 11) is 1.43. The van der Waals surface area contributed by atoms with Crippen molar-refractivity contribution < 1.29 is 23.9 Å². The Balaban J connectivity index is 1.61. The van der Waals surface area contributed by atoms with Gasteiger partial charge in [0.05, 0.1) is 29.6 Å². The van der Waals surface area contributed by atoms with Gasteiger partial charge in [0.25, 0.3) is 0 Å². The highest BCUT2D eigenvalue weighted by atomic mass is 35.5. The van der Waals surface area contributed by atoms with Crippen LogP contribution in [0.15, 0.2) is 77.9 Å². The Kier molecular flexibility index (Phi) is 7.55. The van der Waals surface area contributed by atoms with Gasteiger partial charge in [0.2, 0.25) is 0 Å². The van der Waals surface area contributed by atoms with Crippen molar-refractivity contribution in [1.29, 1.82) is 0 Å². The lowest BCUT2D eigenvalue weighted by molar-refractivity contribution is -0.136. The average Bonchev–Trinajstić information content (AvgIpc) is 2.81. The molecule has 0 aromatic heterocycles. The van der Waals surface area contributed by atoms with Gasteiger partial charge in [0.1, 0.15) is 0 Å². The maximum atomic E-state index is 12.2. The Bertz CT molecular complexity index is 1170. The molecule has 3 aromatic carbocycles. The summed E-state index contributed by atoms with van der Waals surface area (Å²) in [6.45, 7) is 0. The number of nitrogens with one attached hydrogen (secondary N) is 2. The van der Waals surface area contributed by atoms with Crippen LogP contribution in [0.25, 0.3) is 0 Å². The van der Waals surface area contributed by atoms with E-state index in [0.717, 1.165) is 0 Å². The smallest absolute Gasteiger partial charge is 0.343 e. The summed E-state index contributed by atoms with van der Waals surface area (Å²) in [6.07, 6.45) is 1.31. The molecular formula is C23H18ClN3O5. The molecule has 32 heavy (non-hydrogen) atoms. The second-order valence-electron chi connectivity index (χ2n) is 6.30. The first-order valence-corrected chi connectivity index (χ1v) is 9.70. The summed E-state index contributed by atoms with van der Waals surface area (Å²) in [5, 5.41) is 6.45. The van der Waals surface area contributed by atoms with Gasteiger partial charge in [-0.15, -0.1) is 0 Å². The molecule has 8 nitrogen and oxygen atoms in total. The van der Waals surface area contributed by atoms with Crippen LogP contribution in [0.1, 0.15) is 15.9 Å². The number of esters is 1. The highest BCUT2D eigenvalue weighted by Gasteiger charge is 2.15. The van der Waals surface area contributed by atoms with Crippen LogP contribution in [-0.2, 0) is 9.59 Å². The SMILES string of the molecule is COc1cc(/C=N\NC(=O)C(=O)Nc2ccccc2Cl)ccc1OC(=O)c1ccccc1. The molecule has 0 bridgehead atoms. The van der Waals surface area contributed by atoms with Crippen molar-refractivity contribution >= 4 is 41.3 Å². The number of carbonyl (C=O) groups is 3.